The maximum absolute atomic E-state index is 12.7. The molecule has 132 valence electrons. The van der Waals surface area contributed by atoms with Crippen LogP contribution in [0.5, 0.6) is 0 Å². The van der Waals surface area contributed by atoms with E-state index in [1.165, 1.54) is 12.8 Å². The molecule has 1 heterocycles. The predicted molar refractivity (Wildman–Crippen MR) is 97.3 cm³/mol. The molecule has 4 nitrogen and oxygen atoms in total. The fourth-order valence-corrected chi connectivity index (χ4v) is 3.28. The smallest absolute Gasteiger partial charge is 0.253 e. The average molecular weight is 330 g/mol. The summed E-state index contributed by atoms with van der Waals surface area (Å²) in [5.41, 5.74) is 1.26. The van der Waals surface area contributed by atoms with Crippen LogP contribution in [0.1, 0.15) is 73.1 Å². The van der Waals surface area contributed by atoms with Crippen molar-refractivity contribution in [3.8, 4) is 0 Å². The van der Waals surface area contributed by atoms with Gasteiger partial charge in [-0.1, -0.05) is 32.8 Å². The molecule has 2 rings (SSSR count). The van der Waals surface area contributed by atoms with Gasteiger partial charge in [0.05, 0.1) is 0 Å². The van der Waals surface area contributed by atoms with Crippen molar-refractivity contribution in [1.29, 1.82) is 0 Å². The monoisotopic (exact) mass is 330 g/mol. The first-order chi connectivity index (χ1) is 11.7. The fourth-order valence-electron chi connectivity index (χ4n) is 3.28. The zero-order chi connectivity index (χ0) is 17.4. The summed E-state index contributed by atoms with van der Waals surface area (Å²) >= 11 is 0. The van der Waals surface area contributed by atoms with Crippen LogP contribution in [0.15, 0.2) is 24.3 Å². The number of hydrogen-bond donors (Lipinski definition) is 0. The normalized spacial score (nSPS) is 15.0. The highest BCUT2D eigenvalue weighted by Crippen LogP contribution is 2.15. The summed E-state index contributed by atoms with van der Waals surface area (Å²) in [6.07, 6.45) is 6.43. The van der Waals surface area contributed by atoms with Crippen LogP contribution in [0.25, 0.3) is 0 Å². The molecule has 0 aromatic heterocycles. The van der Waals surface area contributed by atoms with E-state index in [1.807, 2.05) is 28.0 Å². The summed E-state index contributed by atoms with van der Waals surface area (Å²) in [6, 6.07) is 7.25. The Balaban J connectivity index is 2.14. The number of nitrogens with zero attached hydrogens (tertiary/aromatic N) is 2. The van der Waals surface area contributed by atoms with Crippen molar-refractivity contribution in [3.63, 3.8) is 0 Å². The third-order valence-electron chi connectivity index (χ3n) is 4.52. The Bertz CT molecular complexity index is 513. The maximum atomic E-state index is 12.7. The second-order valence-electron chi connectivity index (χ2n) is 6.58. The van der Waals surface area contributed by atoms with Crippen LogP contribution in [0.4, 0.5) is 0 Å². The lowest BCUT2D eigenvalue weighted by atomic mass is 10.1. The van der Waals surface area contributed by atoms with E-state index in [0.717, 1.165) is 51.9 Å². The van der Waals surface area contributed by atoms with Crippen molar-refractivity contribution in [1.82, 2.24) is 9.80 Å². The molecule has 0 bridgehead atoms. The van der Waals surface area contributed by atoms with E-state index in [-0.39, 0.29) is 11.8 Å². The van der Waals surface area contributed by atoms with Gasteiger partial charge in [-0.25, -0.2) is 0 Å². The van der Waals surface area contributed by atoms with Gasteiger partial charge in [0.25, 0.3) is 11.8 Å². The Labute approximate surface area is 145 Å². The Hall–Kier alpha value is -1.84. The molecule has 0 saturated carbocycles. The molecule has 0 atom stereocenters. The molecule has 1 saturated heterocycles. The lowest BCUT2D eigenvalue weighted by Gasteiger charge is -2.23. The minimum absolute atomic E-state index is 0.0317. The van der Waals surface area contributed by atoms with Crippen LogP contribution >= 0.6 is 0 Å². The molecule has 0 spiro atoms. The average Bonchev–Trinajstić information content (AvgIpc) is 2.90. The first-order valence-corrected chi connectivity index (χ1v) is 9.36. The molecule has 1 aromatic carbocycles. The highest BCUT2D eigenvalue weighted by atomic mass is 16.2. The van der Waals surface area contributed by atoms with Gasteiger partial charge in [0, 0.05) is 37.3 Å². The van der Waals surface area contributed by atoms with Gasteiger partial charge in [-0.05, 0) is 43.9 Å². The van der Waals surface area contributed by atoms with Gasteiger partial charge in [-0.2, -0.15) is 0 Å². The maximum Gasteiger partial charge on any atom is 0.253 e. The minimum Gasteiger partial charge on any atom is -0.339 e. The van der Waals surface area contributed by atoms with Gasteiger partial charge in [0.2, 0.25) is 0 Å². The van der Waals surface area contributed by atoms with Crippen LogP contribution in [0.2, 0.25) is 0 Å². The molecular formula is C20H30N2O2. The van der Waals surface area contributed by atoms with Crippen molar-refractivity contribution in [2.45, 2.75) is 52.4 Å². The van der Waals surface area contributed by atoms with Gasteiger partial charge < -0.3 is 9.80 Å². The van der Waals surface area contributed by atoms with Crippen molar-refractivity contribution in [3.05, 3.63) is 35.4 Å². The molecular weight excluding hydrogens is 300 g/mol. The zero-order valence-electron chi connectivity index (χ0n) is 15.1. The molecule has 1 aromatic rings. The molecule has 0 radical (unpaired) electrons. The van der Waals surface area contributed by atoms with Gasteiger partial charge >= 0.3 is 0 Å². The third-order valence-corrected chi connectivity index (χ3v) is 4.52. The summed E-state index contributed by atoms with van der Waals surface area (Å²) in [4.78, 5) is 29.3. The summed E-state index contributed by atoms with van der Waals surface area (Å²) < 4.78 is 0. The minimum atomic E-state index is 0.0317. The molecule has 0 aliphatic carbocycles. The Morgan fingerprint density at radius 3 is 2.12 bits per heavy atom. The van der Waals surface area contributed by atoms with E-state index in [1.54, 1.807) is 6.07 Å². The first-order valence-electron chi connectivity index (χ1n) is 9.36. The zero-order valence-corrected chi connectivity index (χ0v) is 15.1. The molecule has 24 heavy (non-hydrogen) atoms. The van der Waals surface area contributed by atoms with Crippen LogP contribution in [0.3, 0.4) is 0 Å². The second-order valence-corrected chi connectivity index (χ2v) is 6.58. The molecule has 0 N–H and O–H groups in total. The van der Waals surface area contributed by atoms with Crippen molar-refractivity contribution < 1.29 is 9.59 Å². The molecule has 4 heteroatoms. The van der Waals surface area contributed by atoms with Crippen molar-refractivity contribution >= 4 is 11.8 Å². The van der Waals surface area contributed by atoms with E-state index in [9.17, 15) is 9.59 Å². The lowest BCUT2D eigenvalue weighted by Crippen LogP contribution is -2.33. The van der Waals surface area contributed by atoms with Gasteiger partial charge in [-0.3, -0.25) is 9.59 Å². The molecule has 1 aliphatic heterocycles. The number of carbonyl (C=O) groups excluding carboxylic acids is 2. The Kier molecular flexibility index (Phi) is 7.29. The largest absolute Gasteiger partial charge is 0.339 e. The predicted octanol–water partition coefficient (Wildman–Crippen LogP) is 3.97. The molecule has 1 aliphatic rings. The van der Waals surface area contributed by atoms with E-state index in [4.69, 9.17) is 0 Å². The van der Waals surface area contributed by atoms with Crippen LogP contribution < -0.4 is 0 Å². The fraction of sp³-hybridized carbons (Fsp3) is 0.600. The lowest BCUT2D eigenvalue weighted by molar-refractivity contribution is 0.0755. The Morgan fingerprint density at radius 2 is 1.54 bits per heavy atom. The third kappa shape index (κ3) is 4.83. The summed E-state index contributed by atoms with van der Waals surface area (Å²) in [7, 11) is 0. The summed E-state index contributed by atoms with van der Waals surface area (Å²) in [6.45, 7) is 7.34. The standard InChI is InChI=1S/C20H30N2O2/c1-3-12-21(13-4-2)19(23)17-10-9-11-18(16-17)20(24)22-14-7-5-6-8-15-22/h9-11,16H,3-8,12-15H2,1-2H3. The topological polar surface area (TPSA) is 40.6 Å². The second kappa shape index (κ2) is 9.45. The van der Waals surface area contributed by atoms with Gasteiger partial charge in [0.1, 0.15) is 0 Å². The van der Waals surface area contributed by atoms with Crippen LogP contribution in [-0.4, -0.2) is 47.8 Å². The van der Waals surface area contributed by atoms with E-state index in [0.29, 0.717) is 11.1 Å². The highest BCUT2D eigenvalue weighted by Gasteiger charge is 2.20. The van der Waals surface area contributed by atoms with Crippen molar-refractivity contribution in [2.75, 3.05) is 26.2 Å². The first kappa shape index (κ1) is 18.5. The number of hydrogen-bond acceptors (Lipinski definition) is 2. The summed E-state index contributed by atoms with van der Waals surface area (Å²) in [5.74, 6) is 0.0910. The Morgan fingerprint density at radius 1 is 0.958 bits per heavy atom. The van der Waals surface area contributed by atoms with Gasteiger partial charge in [-0.15, -0.1) is 0 Å². The SMILES string of the molecule is CCCN(CCC)C(=O)c1cccc(C(=O)N2CCCCCC2)c1. The molecule has 1 fully saturated rings. The van der Waals surface area contributed by atoms with E-state index >= 15 is 0 Å². The highest BCUT2D eigenvalue weighted by molar-refractivity contribution is 5.99. The van der Waals surface area contributed by atoms with E-state index in [2.05, 4.69) is 13.8 Å². The van der Waals surface area contributed by atoms with Gasteiger partial charge in [0.15, 0.2) is 0 Å². The summed E-state index contributed by atoms with van der Waals surface area (Å²) in [5, 5.41) is 0. The quantitative estimate of drug-likeness (QED) is 0.792. The molecule has 2 amide bonds. The van der Waals surface area contributed by atoms with E-state index < -0.39 is 0 Å². The van der Waals surface area contributed by atoms with Crippen LogP contribution in [0, 0.1) is 0 Å². The number of benzene rings is 1. The number of likely N-dealkylation sites (tertiary alicyclic amines) is 1. The number of carbonyl (C=O) groups is 2. The van der Waals surface area contributed by atoms with Crippen molar-refractivity contribution in [2.24, 2.45) is 0 Å². The van der Waals surface area contributed by atoms with Crippen LogP contribution in [-0.2, 0) is 0 Å². The number of amides is 2. The molecule has 0 unspecified atom stereocenters. The number of rotatable bonds is 6.